The first kappa shape index (κ1) is 27.5. The predicted octanol–water partition coefficient (Wildman–Crippen LogP) is 9.14. The Morgan fingerprint density at radius 2 is 1.51 bits per heavy atom. The van der Waals surface area contributed by atoms with Gasteiger partial charge in [-0.2, -0.15) is 0 Å². The van der Waals surface area contributed by atoms with E-state index >= 15 is 0 Å². The van der Waals surface area contributed by atoms with Gasteiger partial charge in [0.2, 0.25) is 0 Å². The molecule has 190 valence electrons. The molecule has 0 spiro atoms. The van der Waals surface area contributed by atoms with Crippen LogP contribution >= 0.6 is 11.3 Å². The van der Waals surface area contributed by atoms with E-state index in [-0.39, 0.29) is 0 Å². The molecule has 0 saturated heterocycles. The van der Waals surface area contributed by atoms with Gasteiger partial charge in [0, 0.05) is 23.0 Å². The van der Waals surface area contributed by atoms with Crippen LogP contribution in [0.5, 0.6) is 0 Å². The van der Waals surface area contributed by atoms with Gasteiger partial charge in [-0.3, -0.25) is 0 Å². The zero-order valence-electron chi connectivity index (χ0n) is 22.6. The first-order chi connectivity index (χ1) is 16.9. The molecule has 2 aliphatic heterocycles. The Morgan fingerprint density at radius 3 is 2.17 bits per heavy atom. The monoisotopic (exact) mass is 491 g/mol. The quantitative estimate of drug-likeness (QED) is 0.393. The molecule has 3 heteroatoms. The van der Waals surface area contributed by atoms with Gasteiger partial charge in [-0.1, -0.05) is 90.1 Å². The lowest BCUT2D eigenvalue weighted by Gasteiger charge is -2.29. The molecule has 1 aromatic heterocycles. The highest BCUT2D eigenvalue weighted by Gasteiger charge is 2.23. The number of nitrogens with one attached hydrogen (secondary N) is 1. The number of fused-ring (bicyclic) bond motifs is 2. The third kappa shape index (κ3) is 8.22. The van der Waals surface area contributed by atoms with E-state index in [1.807, 2.05) is 11.3 Å². The summed E-state index contributed by atoms with van der Waals surface area (Å²) in [5.41, 5.74) is 5.70. The van der Waals surface area contributed by atoms with Crippen molar-refractivity contribution in [3.05, 3.63) is 87.6 Å². The van der Waals surface area contributed by atoms with Crippen LogP contribution in [0.4, 0.5) is 5.69 Å². The maximum absolute atomic E-state index is 5.57. The average Bonchev–Trinajstić information content (AvgIpc) is 3.36. The number of thiophene rings is 1. The minimum absolute atomic E-state index is 0.588. The molecule has 0 aliphatic carbocycles. The first-order valence-corrected chi connectivity index (χ1v) is 14.3. The second-order valence-corrected chi connectivity index (χ2v) is 11.9. The molecule has 0 saturated carbocycles. The number of benzene rings is 2. The lowest BCUT2D eigenvalue weighted by atomic mass is 9.83. The van der Waals surface area contributed by atoms with E-state index in [2.05, 4.69) is 113 Å². The van der Waals surface area contributed by atoms with E-state index < -0.39 is 0 Å². The summed E-state index contributed by atoms with van der Waals surface area (Å²) in [5.74, 6) is 3.55. The topological polar surface area (TPSA) is 21.3 Å². The van der Waals surface area contributed by atoms with Gasteiger partial charge in [0.25, 0.3) is 0 Å². The normalized spacial score (nSPS) is 18.5. The summed E-state index contributed by atoms with van der Waals surface area (Å²) in [6, 6.07) is 21.6. The fourth-order valence-electron chi connectivity index (χ4n) is 4.99. The van der Waals surface area contributed by atoms with Crippen molar-refractivity contribution in [1.29, 1.82) is 0 Å². The molecule has 3 aromatic rings. The van der Waals surface area contributed by atoms with Gasteiger partial charge in [-0.15, -0.1) is 11.3 Å². The second kappa shape index (κ2) is 13.8. The molecule has 35 heavy (non-hydrogen) atoms. The molecular weight excluding hydrogens is 446 g/mol. The molecular formula is C32H45NOS. The largest absolute Gasteiger partial charge is 0.385 e. The van der Waals surface area contributed by atoms with Crippen LogP contribution < -0.4 is 5.32 Å². The highest BCUT2D eigenvalue weighted by atomic mass is 32.1. The van der Waals surface area contributed by atoms with Crippen molar-refractivity contribution < 1.29 is 4.74 Å². The molecule has 2 unspecified atom stereocenters. The van der Waals surface area contributed by atoms with Crippen LogP contribution in [0.25, 0.3) is 0 Å². The summed E-state index contributed by atoms with van der Waals surface area (Å²) < 4.78 is 5.57. The summed E-state index contributed by atoms with van der Waals surface area (Å²) in [5, 5.41) is 5.58. The maximum Gasteiger partial charge on any atom is 0.0719 e. The standard InChI is InChI=1S/C12H17N.C12H16O.C8H12S/c1-9(2)10-7-8-13-12-6-4-3-5-11(10)12;1-9(2)12-8-13-7-10-5-3-4-6-11(10)12;1-7(2)6-8-4-3-5-9-8/h3-6,9-10,13H,7-8H2,1-2H3;3-6,9,12H,7-8H2,1-2H3;3-5,7H,6H2,1-2H3. The number of para-hydroxylation sites is 1. The van der Waals surface area contributed by atoms with Crippen molar-refractivity contribution in [2.24, 2.45) is 17.8 Å². The van der Waals surface area contributed by atoms with Crippen molar-refractivity contribution in [1.82, 2.24) is 0 Å². The van der Waals surface area contributed by atoms with Gasteiger partial charge in [0.1, 0.15) is 0 Å². The van der Waals surface area contributed by atoms with Crippen LogP contribution in [0.2, 0.25) is 0 Å². The Morgan fingerprint density at radius 1 is 0.829 bits per heavy atom. The summed E-state index contributed by atoms with van der Waals surface area (Å²) >= 11 is 1.85. The van der Waals surface area contributed by atoms with Crippen molar-refractivity contribution in [2.45, 2.75) is 72.8 Å². The third-order valence-corrected chi connectivity index (χ3v) is 7.84. The number of rotatable bonds is 4. The minimum Gasteiger partial charge on any atom is -0.385 e. The van der Waals surface area contributed by atoms with Crippen LogP contribution in [0.3, 0.4) is 0 Å². The van der Waals surface area contributed by atoms with Crippen LogP contribution in [0, 0.1) is 17.8 Å². The zero-order valence-corrected chi connectivity index (χ0v) is 23.4. The van der Waals surface area contributed by atoms with Gasteiger partial charge in [-0.25, -0.2) is 0 Å². The van der Waals surface area contributed by atoms with Crippen molar-refractivity contribution >= 4 is 17.0 Å². The fourth-order valence-corrected chi connectivity index (χ4v) is 5.91. The number of hydrogen-bond donors (Lipinski definition) is 1. The van der Waals surface area contributed by atoms with E-state index in [0.717, 1.165) is 37.5 Å². The molecule has 0 fully saturated rings. The summed E-state index contributed by atoms with van der Waals surface area (Å²) in [4.78, 5) is 1.50. The van der Waals surface area contributed by atoms with Crippen LogP contribution in [0.15, 0.2) is 66.0 Å². The van der Waals surface area contributed by atoms with Gasteiger partial charge in [0.05, 0.1) is 13.2 Å². The lowest BCUT2D eigenvalue weighted by molar-refractivity contribution is 0.0792. The van der Waals surface area contributed by atoms with Crippen LogP contribution in [-0.2, 0) is 17.8 Å². The molecule has 1 N–H and O–H groups in total. The van der Waals surface area contributed by atoms with Gasteiger partial charge >= 0.3 is 0 Å². The van der Waals surface area contributed by atoms with Gasteiger partial charge in [-0.05, 0) is 70.7 Å². The lowest BCUT2D eigenvalue weighted by Crippen LogP contribution is -2.20. The molecule has 0 amide bonds. The van der Waals surface area contributed by atoms with E-state index in [4.69, 9.17) is 4.74 Å². The minimum atomic E-state index is 0.588. The summed E-state index contributed by atoms with van der Waals surface area (Å²) in [6.07, 6.45) is 2.51. The molecule has 5 rings (SSSR count). The average molecular weight is 492 g/mol. The Balaban J connectivity index is 0.000000150. The highest BCUT2D eigenvalue weighted by molar-refractivity contribution is 7.09. The maximum atomic E-state index is 5.57. The van der Waals surface area contributed by atoms with E-state index in [9.17, 15) is 0 Å². The van der Waals surface area contributed by atoms with Crippen molar-refractivity contribution in [3.63, 3.8) is 0 Å². The molecule has 0 bridgehead atoms. The fraction of sp³-hybridized carbons (Fsp3) is 0.500. The Hall–Kier alpha value is -2.10. The third-order valence-electron chi connectivity index (χ3n) is 6.94. The van der Waals surface area contributed by atoms with Crippen molar-refractivity contribution in [2.75, 3.05) is 18.5 Å². The Kier molecular flexibility index (Phi) is 10.9. The first-order valence-electron chi connectivity index (χ1n) is 13.4. The Labute approximate surface area is 218 Å². The molecule has 2 aliphatic rings. The van der Waals surface area contributed by atoms with E-state index in [1.165, 1.54) is 40.1 Å². The van der Waals surface area contributed by atoms with Crippen LogP contribution in [-0.4, -0.2) is 13.2 Å². The highest BCUT2D eigenvalue weighted by Crippen LogP contribution is 2.36. The number of anilines is 1. The molecule has 2 atom stereocenters. The van der Waals surface area contributed by atoms with Gasteiger partial charge < -0.3 is 10.1 Å². The van der Waals surface area contributed by atoms with Crippen molar-refractivity contribution in [3.8, 4) is 0 Å². The molecule has 2 aromatic carbocycles. The summed E-state index contributed by atoms with van der Waals surface area (Å²) in [6.45, 7) is 16.4. The predicted molar refractivity (Wildman–Crippen MR) is 154 cm³/mol. The van der Waals surface area contributed by atoms with Crippen LogP contribution in [0.1, 0.15) is 81.4 Å². The van der Waals surface area contributed by atoms with E-state index in [0.29, 0.717) is 11.8 Å². The van der Waals surface area contributed by atoms with E-state index in [1.54, 1.807) is 0 Å². The smallest absolute Gasteiger partial charge is 0.0719 e. The molecule has 3 heterocycles. The zero-order chi connectivity index (χ0) is 25.2. The number of hydrogen-bond acceptors (Lipinski definition) is 3. The van der Waals surface area contributed by atoms with Gasteiger partial charge in [0.15, 0.2) is 0 Å². The Bertz CT molecular complexity index is 931. The SMILES string of the molecule is CC(C)C1CCNc2ccccc21.CC(C)C1COCc2ccccc21.CC(C)Cc1cccs1. The second-order valence-electron chi connectivity index (χ2n) is 10.9. The number of ether oxygens (including phenoxy) is 1. The molecule has 2 nitrogen and oxygen atoms in total. The molecule has 0 radical (unpaired) electrons. The summed E-state index contributed by atoms with van der Waals surface area (Å²) in [7, 11) is 0.